The molecule has 2 aromatic rings. The highest BCUT2D eigenvalue weighted by Crippen LogP contribution is 2.17. The third-order valence-electron chi connectivity index (χ3n) is 4.45. The number of piperazine rings is 1. The van der Waals surface area contributed by atoms with Gasteiger partial charge in [-0.15, -0.1) is 0 Å². The second-order valence-corrected chi connectivity index (χ2v) is 5.97. The average molecular weight is 331 g/mol. The van der Waals surface area contributed by atoms with Crippen LogP contribution in [0.15, 0.2) is 47.1 Å². The van der Waals surface area contributed by atoms with Crippen molar-refractivity contribution in [3.05, 3.63) is 54.2 Å². The van der Waals surface area contributed by atoms with Crippen molar-refractivity contribution in [2.45, 2.75) is 19.5 Å². The summed E-state index contributed by atoms with van der Waals surface area (Å²) in [6.07, 6.45) is 1.60. The van der Waals surface area contributed by atoms with Crippen LogP contribution in [0.4, 0.5) is 10.1 Å². The number of hydrogen-bond acceptors (Lipinski definition) is 4. The molecule has 1 atom stereocenters. The number of carbonyl (C=O) groups is 1. The van der Waals surface area contributed by atoms with Gasteiger partial charge in [0.2, 0.25) is 5.91 Å². The van der Waals surface area contributed by atoms with Gasteiger partial charge in [-0.2, -0.15) is 0 Å². The van der Waals surface area contributed by atoms with Gasteiger partial charge in [-0.05, 0) is 43.3 Å². The summed E-state index contributed by atoms with van der Waals surface area (Å²) in [7, 11) is 0. The molecule has 128 valence electrons. The van der Waals surface area contributed by atoms with Crippen LogP contribution in [0.2, 0.25) is 0 Å². The second-order valence-electron chi connectivity index (χ2n) is 5.97. The van der Waals surface area contributed by atoms with E-state index >= 15 is 0 Å². The van der Waals surface area contributed by atoms with Crippen molar-refractivity contribution >= 4 is 11.6 Å². The monoisotopic (exact) mass is 331 g/mol. The number of halogens is 1. The molecule has 0 spiro atoms. The Balaban J connectivity index is 1.48. The van der Waals surface area contributed by atoms with E-state index in [2.05, 4.69) is 15.1 Å². The van der Waals surface area contributed by atoms with E-state index in [9.17, 15) is 9.18 Å². The number of nitrogens with one attached hydrogen (secondary N) is 1. The lowest BCUT2D eigenvalue weighted by Crippen LogP contribution is -2.53. The highest BCUT2D eigenvalue weighted by Gasteiger charge is 2.25. The van der Waals surface area contributed by atoms with Crippen molar-refractivity contribution in [1.82, 2.24) is 10.2 Å². The molecular weight excluding hydrogens is 309 g/mol. The zero-order chi connectivity index (χ0) is 16.9. The van der Waals surface area contributed by atoms with Gasteiger partial charge in [0.1, 0.15) is 11.6 Å². The third kappa shape index (κ3) is 3.94. The molecule has 24 heavy (non-hydrogen) atoms. The zero-order valence-corrected chi connectivity index (χ0v) is 13.7. The highest BCUT2D eigenvalue weighted by atomic mass is 19.1. The van der Waals surface area contributed by atoms with Crippen molar-refractivity contribution in [2.75, 3.05) is 31.1 Å². The molecule has 0 aliphatic carbocycles. The van der Waals surface area contributed by atoms with Crippen LogP contribution in [-0.4, -0.2) is 43.0 Å². The number of amides is 1. The zero-order valence-electron chi connectivity index (χ0n) is 13.7. The van der Waals surface area contributed by atoms with E-state index in [1.807, 2.05) is 13.0 Å². The van der Waals surface area contributed by atoms with Crippen LogP contribution in [-0.2, 0) is 11.3 Å². The molecule has 5 nitrogen and oxygen atoms in total. The summed E-state index contributed by atoms with van der Waals surface area (Å²) in [5.41, 5.74) is 1.02. The minimum atomic E-state index is -0.223. The second kappa shape index (κ2) is 7.49. The number of rotatable bonds is 5. The number of carbonyl (C=O) groups excluding carboxylic acids is 1. The maximum atomic E-state index is 13.0. The minimum absolute atomic E-state index is 0.00151. The Hall–Kier alpha value is -2.34. The molecule has 0 radical (unpaired) electrons. The molecule has 1 fully saturated rings. The SMILES string of the molecule is CC(C(=O)NCc1ccco1)N1CCN(c2ccc(F)cc2)CC1. The maximum absolute atomic E-state index is 13.0. The highest BCUT2D eigenvalue weighted by molar-refractivity contribution is 5.81. The molecule has 1 aliphatic rings. The smallest absolute Gasteiger partial charge is 0.237 e. The Labute approximate surface area is 141 Å². The van der Waals surface area contributed by atoms with Crippen LogP contribution in [0.5, 0.6) is 0 Å². The molecule has 1 aliphatic heterocycles. The normalized spacial score (nSPS) is 16.8. The van der Waals surface area contributed by atoms with E-state index in [0.29, 0.717) is 6.54 Å². The minimum Gasteiger partial charge on any atom is -0.467 e. The van der Waals surface area contributed by atoms with Crippen molar-refractivity contribution in [3.8, 4) is 0 Å². The predicted octanol–water partition coefficient (Wildman–Crippen LogP) is 2.25. The van der Waals surface area contributed by atoms with Crippen LogP contribution in [0.1, 0.15) is 12.7 Å². The van der Waals surface area contributed by atoms with E-state index in [4.69, 9.17) is 4.42 Å². The van der Waals surface area contributed by atoms with Crippen LogP contribution in [0.25, 0.3) is 0 Å². The first-order valence-corrected chi connectivity index (χ1v) is 8.18. The van der Waals surface area contributed by atoms with Gasteiger partial charge in [0.15, 0.2) is 0 Å². The summed E-state index contributed by atoms with van der Waals surface area (Å²) in [5.74, 6) is 0.526. The summed E-state index contributed by atoms with van der Waals surface area (Å²) in [5, 5.41) is 2.90. The van der Waals surface area contributed by atoms with Gasteiger partial charge >= 0.3 is 0 Å². The van der Waals surface area contributed by atoms with Gasteiger partial charge in [0, 0.05) is 31.9 Å². The van der Waals surface area contributed by atoms with Crippen molar-refractivity contribution in [2.24, 2.45) is 0 Å². The molecule has 3 rings (SSSR count). The van der Waals surface area contributed by atoms with Gasteiger partial charge in [0.25, 0.3) is 0 Å². The lowest BCUT2D eigenvalue weighted by atomic mass is 10.2. The molecular formula is C18H22FN3O2. The third-order valence-corrected chi connectivity index (χ3v) is 4.45. The quantitative estimate of drug-likeness (QED) is 0.913. The fraction of sp³-hybridized carbons (Fsp3) is 0.389. The van der Waals surface area contributed by atoms with Gasteiger partial charge in [-0.25, -0.2) is 4.39 Å². The lowest BCUT2D eigenvalue weighted by molar-refractivity contribution is -0.126. The lowest BCUT2D eigenvalue weighted by Gasteiger charge is -2.38. The van der Waals surface area contributed by atoms with Crippen LogP contribution in [0.3, 0.4) is 0 Å². The molecule has 1 saturated heterocycles. The number of anilines is 1. The molecule has 1 unspecified atom stereocenters. The first kappa shape index (κ1) is 16.5. The summed E-state index contributed by atoms with van der Waals surface area (Å²) in [6.45, 7) is 5.57. The van der Waals surface area contributed by atoms with E-state index in [1.165, 1.54) is 12.1 Å². The molecule has 2 heterocycles. The summed E-state index contributed by atoms with van der Waals surface area (Å²) >= 11 is 0. The van der Waals surface area contributed by atoms with Crippen LogP contribution in [0, 0.1) is 5.82 Å². The fourth-order valence-electron chi connectivity index (χ4n) is 2.92. The topological polar surface area (TPSA) is 48.7 Å². The molecule has 0 saturated carbocycles. The Morgan fingerprint density at radius 1 is 1.21 bits per heavy atom. The molecule has 6 heteroatoms. The van der Waals surface area contributed by atoms with Crippen LogP contribution < -0.4 is 10.2 Å². The molecule has 1 N–H and O–H groups in total. The Kier molecular flexibility index (Phi) is 5.15. The van der Waals surface area contributed by atoms with Gasteiger partial charge < -0.3 is 14.6 Å². The summed E-state index contributed by atoms with van der Waals surface area (Å²) in [6, 6.07) is 10.0. The van der Waals surface area contributed by atoms with E-state index in [1.54, 1.807) is 24.5 Å². The Morgan fingerprint density at radius 3 is 2.54 bits per heavy atom. The number of hydrogen-bond donors (Lipinski definition) is 1. The Morgan fingerprint density at radius 2 is 1.92 bits per heavy atom. The van der Waals surface area contributed by atoms with Crippen molar-refractivity contribution in [1.29, 1.82) is 0 Å². The van der Waals surface area contributed by atoms with E-state index < -0.39 is 0 Å². The van der Waals surface area contributed by atoms with E-state index in [0.717, 1.165) is 37.6 Å². The van der Waals surface area contributed by atoms with Gasteiger partial charge in [0.05, 0.1) is 18.8 Å². The average Bonchev–Trinajstić information content (AvgIpc) is 3.13. The standard InChI is InChI=1S/C18H22FN3O2/c1-14(18(23)20-13-17-3-2-12-24-17)21-8-10-22(11-9-21)16-6-4-15(19)5-7-16/h2-7,12,14H,8-11,13H2,1H3,(H,20,23). The van der Waals surface area contributed by atoms with Gasteiger partial charge in [-0.3, -0.25) is 9.69 Å². The predicted molar refractivity (Wildman–Crippen MR) is 90.2 cm³/mol. The molecule has 1 amide bonds. The summed E-state index contributed by atoms with van der Waals surface area (Å²) < 4.78 is 18.2. The maximum Gasteiger partial charge on any atom is 0.237 e. The first-order chi connectivity index (χ1) is 11.6. The summed E-state index contributed by atoms with van der Waals surface area (Å²) in [4.78, 5) is 16.7. The van der Waals surface area contributed by atoms with Crippen molar-refractivity contribution < 1.29 is 13.6 Å². The molecule has 1 aromatic heterocycles. The van der Waals surface area contributed by atoms with Gasteiger partial charge in [-0.1, -0.05) is 0 Å². The molecule has 1 aromatic carbocycles. The molecule has 0 bridgehead atoms. The fourth-order valence-corrected chi connectivity index (χ4v) is 2.92. The Bertz CT molecular complexity index is 649. The number of nitrogens with zero attached hydrogens (tertiary/aromatic N) is 2. The largest absolute Gasteiger partial charge is 0.467 e. The van der Waals surface area contributed by atoms with Crippen LogP contribution >= 0.6 is 0 Å². The first-order valence-electron chi connectivity index (χ1n) is 8.18. The number of benzene rings is 1. The number of furan rings is 1. The van der Waals surface area contributed by atoms with Crippen molar-refractivity contribution in [3.63, 3.8) is 0 Å². The van der Waals surface area contributed by atoms with E-state index in [-0.39, 0.29) is 17.8 Å².